The fourth-order valence-electron chi connectivity index (χ4n) is 1.22. The molecule has 2 rings (SSSR count). The summed E-state index contributed by atoms with van der Waals surface area (Å²) in [4.78, 5) is 4.14. The van der Waals surface area contributed by atoms with Crippen LogP contribution in [0.3, 0.4) is 0 Å². The van der Waals surface area contributed by atoms with Gasteiger partial charge in [0.05, 0.1) is 5.69 Å². The largest absolute Gasteiger partial charge is 0.453 e. The fraction of sp³-hybridized carbons (Fsp3) is 0.375. The molecule has 1 aliphatic heterocycles. The van der Waals surface area contributed by atoms with Gasteiger partial charge in [-0.2, -0.15) is 0 Å². The smallest absolute Gasteiger partial charge is 0.231 e. The summed E-state index contributed by atoms with van der Waals surface area (Å²) in [7, 11) is 0. The van der Waals surface area contributed by atoms with E-state index in [0.717, 1.165) is 22.8 Å². The second kappa shape index (κ2) is 2.64. The zero-order valence-corrected chi connectivity index (χ0v) is 6.83. The Labute approximate surface area is 70.3 Å². The molecule has 4 nitrogen and oxygen atoms in total. The first kappa shape index (κ1) is 7.36. The Morgan fingerprint density at radius 1 is 1.50 bits per heavy atom. The molecule has 64 valence electrons. The van der Waals surface area contributed by atoms with Gasteiger partial charge in [-0.05, 0) is 6.92 Å². The highest BCUT2D eigenvalue weighted by Gasteiger charge is 2.19. The van der Waals surface area contributed by atoms with E-state index >= 15 is 0 Å². The number of hydrogen-bond acceptors (Lipinski definition) is 4. The lowest BCUT2D eigenvalue weighted by atomic mass is 10.2. The third kappa shape index (κ3) is 0.921. The number of ether oxygens (including phenoxy) is 2. The van der Waals surface area contributed by atoms with Gasteiger partial charge in [-0.3, -0.25) is 4.98 Å². The molecular weight excluding hydrogens is 156 g/mol. The predicted molar refractivity (Wildman–Crippen MR) is 43.0 cm³/mol. The summed E-state index contributed by atoms with van der Waals surface area (Å²) < 4.78 is 10.5. The quantitative estimate of drug-likeness (QED) is 0.663. The summed E-state index contributed by atoms with van der Waals surface area (Å²) in [6.45, 7) is 2.58. The zero-order valence-electron chi connectivity index (χ0n) is 6.83. The summed E-state index contributed by atoms with van der Waals surface area (Å²) in [5.74, 6) is 1.49. The van der Waals surface area contributed by atoms with Crippen molar-refractivity contribution in [2.75, 3.05) is 6.79 Å². The molecule has 0 aromatic carbocycles. The molecule has 2 N–H and O–H groups in total. The van der Waals surface area contributed by atoms with Crippen LogP contribution in [0.15, 0.2) is 6.20 Å². The number of hydrogen-bond donors (Lipinski definition) is 1. The van der Waals surface area contributed by atoms with Crippen molar-refractivity contribution in [3.63, 3.8) is 0 Å². The van der Waals surface area contributed by atoms with Crippen molar-refractivity contribution in [3.05, 3.63) is 17.5 Å². The average Bonchev–Trinajstić information content (AvgIpc) is 2.54. The van der Waals surface area contributed by atoms with Crippen molar-refractivity contribution in [1.29, 1.82) is 0 Å². The molecule has 0 atom stereocenters. The molecule has 4 heteroatoms. The molecule has 12 heavy (non-hydrogen) atoms. The Morgan fingerprint density at radius 2 is 2.25 bits per heavy atom. The van der Waals surface area contributed by atoms with Crippen LogP contribution in [0.2, 0.25) is 0 Å². The summed E-state index contributed by atoms with van der Waals surface area (Å²) in [5, 5.41) is 0. The van der Waals surface area contributed by atoms with Gasteiger partial charge < -0.3 is 15.2 Å². The van der Waals surface area contributed by atoms with E-state index in [1.807, 2.05) is 6.92 Å². The molecule has 0 bridgehead atoms. The van der Waals surface area contributed by atoms with Crippen LogP contribution in [0.1, 0.15) is 11.3 Å². The highest BCUT2D eigenvalue weighted by atomic mass is 16.7. The van der Waals surface area contributed by atoms with Gasteiger partial charge in [0, 0.05) is 18.3 Å². The number of aromatic nitrogens is 1. The van der Waals surface area contributed by atoms with Crippen molar-refractivity contribution < 1.29 is 9.47 Å². The Balaban J connectivity index is 2.57. The van der Waals surface area contributed by atoms with Gasteiger partial charge in [0.15, 0.2) is 11.5 Å². The zero-order chi connectivity index (χ0) is 8.55. The van der Waals surface area contributed by atoms with Gasteiger partial charge >= 0.3 is 0 Å². The second-order valence-electron chi connectivity index (χ2n) is 2.64. The first-order chi connectivity index (χ1) is 5.83. The van der Waals surface area contributed by atoms with Crippen LogP contribution in [0.5, 0.6) is 11.5 Å². The first-order valence-corrected chi connectivity index (χ1v) is 3.77. The van der Waals surface area contributed by atoms with E-state index < -0.39 is 0 Å². The van der Waals surface area contributed by atoms with Crippen molar-refractivity contribution in [1.82, 2.24) is 4.98 Å². The summed E-state index contributed by atoms with van der Waals surface area (Å²) in [6.07, 6.45) is 1.73. The van der Waals surface area contributed by atoms with Gasteiger partial charge in [-0.1, -0.05) is 0 Å². The van der Waals surface area contributed by atoms with E-state index in [2.05, 4.69) is 4.98 Å². The maximum Gasteiger partial charge on any atom is 0.231 e. The SMILES string of the molecule is Cc1ncc(CN)c2c1OCO2. The number of nitrogens with two attached hydrogens (primary N) is 1. The monoisotopic (exact) mass is 166 g/mol. The van der Waals surface area contributed by atoms with Crippen molar-refractivity contribution in [2.45, 2.75) is 13.5 Å². The molecular formula is C8H10N2O2. The third-order valence-corrected chi connectivity index (χ3v) is 1.87. The molecule has 0 fully saturated rings. The van der Waals surface area contributed by atoms with Crippen LogP contribution in [-0.2, 0) is 6.54 Å². The number of aryl methyl sites for hydroxylation is 1. The molecule has 0 unspecified atom stereocenters. The maximum atomic E-state index is 5.50. The minimum atomic E-state index is 0.273. The topological polar surface area (TPSA) is 57.4 Å². The van der Waals surface area contributed by atoms with E-state index in [-0.39, 0.29) is 6.79 Å². The van der Waals surface area contributed by atoms with Gasteiger partial charge in [0.1, 0.15) is 0 Å². The van der Waals surface area contributed by atoms with E-state index in [0.29, 0.717) is 6.54 Å². The second-order valence-corrected chi connectivity index (χ2v) is 2.64. The van der Waals surface area contributed by atoms with Crippen LogP contribution in [-0.4, -0.2) is 11.8 Å². The van der Waals surface area contributed by atoms with Crippen LogP contribution in [0, 0.1) is 6.92 Å². The van der Waals surface area contributed by atoms with E-state index in [1.54, 1.807) is 6.20 Å². The van der Waals surface area contributed by atoms with Crippen molar-refractivity contribution in [2.24, 2.45) is 5.73 Å². The Kier molecular flexibility index (Phi) is 1.62. The highest BCUT2D eigenvalue weighted by molar-refractivity contribution is 5.49. The molecule has 2 heterocycles. The number of nitrogens with zero attached hydrogens (tertiary/aromatic N) is 1. The van der Waals surface area contributed by atoms with Gasteiger partial charge in [-0.25, -0.2) is 0 Å². The summed E-state index contributed by atoms with van der Waals surface area (Å²) >= 11 is 0. The number of pyridine rings is 1. The van der Waals surface area contributed by atoms with Gasteiger partial charge in [0.2, 0.25) is 6.79 Å². The molecule has 1 aliphatic rings. The minimum Gasteiger partial charge on any atom is -0.453 e. The van der Waals surface area contributed by atoms with E-state index in [4.69, 9.17) is 15.2 Å². The Hall–Kier alpha value is -1.29. The van der Waals surface area contributed by atoms with Crippen LogP contribution in [0.25, 0.3) is 0 Å². The molecule has 0 amide bonds. The van der Waals surface area contributed by atoms with Crippen LogP contribution in [0.4, 0.5) is 0 Å². The molecule has 0 spiro atoms. The van der Waals surface area contributed by atoms with Crippen molar-refractivity contribution in [3.8, 4) is 11.5 Å². The first-order valence-electron chi connectivity index (χ1n) is 3.77. The lowest BCUT2D eigenvalue weighted by Crippen LogP contribution is -1.99. The molecule has 0 radical (unpaired) electrons. The lowest BCUT2D eigenvalue weighted by molar-refractivity contribution is 0.172. The molecule has 1 aromatic heterocycles. The maximum absolute atomic E-state index is 5.50. The number of fused-ring (bicyclic) bond motifs is 1. The van der Waals surface area contributed by atoms with E-state index in [9.17, 15) is 0 Å². The lowest BCUT2D eigenvalue weighted by Gasteiger charge is -2.03. The standard InChI is InChI=1S/C8H10N2O2/c1-5-7-8(12-4-11-7)6(2-9)3-10-5/h3H,2,4,9H2,1H3. The van der Waals surface area contributed by atoms with Crippen LogP contribution >= 0.6 is 0 Å². The van der Waals surface area contributed by atoms with Gasteiger partial charge in [-0.15, -0.1) is 0 Å². The van der Waals surface area contributed by atoms with Crippen molar-refractivity contribution >= 4 is 0 Å². The number of rotatable bonds is 1. The summed E-state index contributed by atoms with van der Waals surface area (Å²) in [6, 6.07) is 0. The normalized spacial score (nSPS) is 13.5. The third-order valence-electron chi connectivity index (χ3n) is 1.87. The molecule has 0 aliphatic carbocycles. The predicted octanol–water partition coefficient (Wildman–Crippen LogP) is 0.577. The fourth-order valence-corrected chi connectivity index (χ4v) is 1.22. The Morgan fingerprint density at radius 3 is 3.00 bits per heavy atom. The molecule has 0 saturated heterocycles. The minimum absolute atomic E-state index is 0.273. The molecule has 0 saturated carbocycles. The van der Waals surface area contributed by atoms with E-state index in [1.165, 1.54) is 0 Å². The molecule has 1 aromatic rings. The van der Waals surface area contributed by atoms with Crippen LogP contribution < -0.4 is 15.2 Å². The average molecular weight is 166 g/mol. The summed E-state index contributed by atoms with van der Waals surface area (Å²) in [5.41, 5.74) is 7.24. The Bertz CT molecular complexity index is 312. The van der Waals surface area contributed by atoms with Gasteiger partial charge in [0.25, 0.3) is 0 Å². The highest BCUT2D eigenvalue weighted by Crippen LogP contribution is 2.36.